The lowest BCUT2D eigenvalue weighted by molar-refractivity contribution is -0.137. The molecule has 1 N–H and O–H groups in total. The van der Waals surface area contributed by atoms with Gasteiger partial charge in [0.2, 0.25) is 0 Å². The number of halogens is 3. The first-order valence-corrected chi connectivity index (χ1v) is 9.31. The van der Waals surface area contributed by atoms with Crippen LogP contribution in [0.25, 0.3) is 0 Å². The molecule has 1 amide bonds. The largest absolute Gasteiger partial charge is 0.486 e. The Morgan fingerprint density at radius 1 is 1.18 bits per heavy atom. The first-order chi connectivity index (χ1) is 13.3. The molecule has 4 nitrogen and oxygen atoms in total. The van der Waals surface area contributed by atoms with Crippen molar-refractivity contribution >= 4 is 17.2 Å². The number of rotatable bonds is 6. The van der Waals surface area contributed by atoms with E-state index in [9.17, 15) is 18.0 Å². The van der Waals surface area contributed by atoms with Crippen molar-refractivity contribution in [2.75, 3.05) is 0 Å². The van der Waals surface area contributed by atoms with E-state index >= 15 is 0 Å². The molecule has 146 valence electrons. The molecule has 1 heterocycles. The van der Waals surface area contributed by atoms with Gasteiger partial charge in [-0.3, -0.25) is 4.79 Å². The number of hydrogen-bond acceptors (Lipinski definition) is 4. The van der Waals surface area contributed by atoms with Gasteiger partial charge in [-0.25, -0.2) is 4.98 Å². The van der Waals surface area contributed by atoms with Crippen LogP contribution in [-0.2, 0) is 12.8 Å². The van der Waals surface area contributed by atoms with Gasteiger partial charge in [-0.2, -0.15) is 13.2 Å². The third kappa shape index (κ3) is 5.10. The number of nitrogens with one attached hydrogen (secondary N) is 1. The first-order valence-electron chi connectivity index (χ1n) is 8.43. The van der Waals surface area contributed by atoms with Crippen LogP contribution in [0.5, 0.6) is 5.75 Å². The molecule has 0 unspecified atom stereocenters. The summed E-state index contributed by atoms with van der Waals surface area (Å²) >= 11 is 1.21. The Kier molecular flexibility index (Phi) is 5.99. The Labute approximate surface area is 164 Å². The Bertz CT molecular complexity index is 942. The van der Waals surface area contributed by atoms with Gasteiger partial charge in [0.25, 0.3) is 5.91 Å². The van der Waals surface area contributed by atoms with Crippen molar-refractivity contribution < 1.29 is 22.7 Å². The Hall–Kier alpha value is -2.87. The second kappa shape index (κ2) is 8.43. The third-order valence-corrected chi connectivity index (χ3v) is 4.78. The van der Waals surface area contributed by atoms with Crippen molar-refractivity contribution in [3.63, 3.8) is 0 Å². The second-order valence-electron chi connectivity index (χ2n) is 6.05. The van der Waals surface area contributed by atoms with Crippen LogP contribution in [0.4, 0.5) is 13.2 Å². The number of ether oxygens (including phenoxy) is 1. The van der Waals surface area contributed by atoms with Crippen LogP contribution in [0.2, 0.25) is 0 Å². The average Bonchev–Trinajstić information content (AvgIpc) is 3.16. The molecular formula is C20H17F3N2O2S. The predicted octanol–water partition coefficient (Wildman–Crippen LogP) is 5.23. The van der Waals surface area contributed by atoms with Gasteiger partial charge < -0.3 is 10.1 Å². The summed E-state index contributed by atoms with van der Waals surface area (Å²) in [6.07, 6.45) is -4.43. The molecule has 0 saturated heterocycles. The fraction of sp³-hybridized carbons (Fsp3) is 0.200. The molecule has 3 rings (SSSR count). The van der Waals surface area contributed by atoms with Gasteiger partial charge in [0.15, 0.2) is 0 Å². The zero-order valence-corrected chi connectivity index (χ0v) is 15.7. The normalized spacial score (nSPS) is 12.4. The molecule has 8 heteroatoms. The van der Waals surface area contributed by atoms with Crippen LogP contribution in [0.3, 0.4) is 0 Å². The maximum atomic E-state index is 12.7. The van der Waals surface area contributed by atoms with Crippen molar-refractivity contribution in [1.29, 1.82) is 0 Å². The lowest BCUT2D eigenvalue weighted by Gasteiger charge is -2.13. The summed E-state index contributed by atoms with van der Waals surface area (Å²) in [4.78, 5) is 16.5. The van der Waals surface area contributed by atoms with E-state index in [1.807, 2.05) is 37.3 Å². The van der Waals surface area contributed by atoms with Crippen molar-refractivity contribution in [2.24, 2.45) is 0 Å². The maximum Gasteiger partial charge on any atom is 0.416 e. The van der Waals surface area contributed by atoms with Crippen LogP contribution >= 0.6 is 11.3 Å². The zero-order valence-electron chi connectivity index (χ0n) is 14.9. The average molecular weight is 406 g/mol. The highest BCUT2D eigenvalue weighted by Crippen LogP contribution is 2.31. The molecular weight excluding hydrogens is 389 g/mol. The third-order valence-electron chi connectivity index (χ3n) is 3.96. The predicted molar refractivity (Wildman–Crippen MR) is 100 cm³/mol. The minimum absolute atomic E-state index is 0.0203. The lowest BCUT2D eigenvalue weighted by atomic mass is 10.1. The van der Waals surface area contributed by atoms with Crippen LogP contribution in [0.15, 0.2) is 60.0 Å². The highest BCUT2D eigenvalue weighted by Gasteiger charge is 2.30. The maximum absolute atomic E-state index is 12.7. The summed E-state index contributed by atoms with van der Waals surface area (Å²) in [6.45, 7) is 1.85. The molecule has 0 spiro atoms. The molecule has 2 aromatic carbocycles. The van der Waals surface area contributed by atoms with Crippen LogP contribution < -0.4 is 10.1 Å². The summed E-state index contributed by atoms with van der Waals surface area (Å²) < 4.78 is 43.6. The fourth-order valence-corrected chi connectivity index (χ4v) is 3.17. The standard InChI is InChI=1S/C20H17F3N2O2S/c1-13(14-6-3-2-4-7-14)24-19(26)17-12-28-18(25-17)11-27-16-9-5-8-15(10-16)20(21,22)23/h2-10,12-13H,11H2,1H3,(H,24,26)/t13-/m0/s1. The van der Waals surface area contributed by atoms with Crippen LogP contribution in [0, 0.1) is 0 Å². The zero-order chi connectivity index (χ0) is 20.1. The molecule has 0 bridgehead atoms. The molecule has 1 atom stereocenters. The van der Waals surface area contributed by atoms with Gasteiger partial charge in [-0.1, -0.05) is 36.4 Å². The van der Waals surface area contributed by atoms with Gasteiger partial charge in [0, 0.05) is 5.38 Å². The number of benzene rings is 2. The Morgan fingerprint density at radius 3 is 2.64 bits per heavy atom. The number of nitrogens with zero attached hydrogens (tertiary/aromatic N) is 1. The summed E-state index contributed by atoms with van der Waals surface area (Å²) in [5, 5.41) is 4.95. The van der Waals surface area contributed by atoms with Gasteiger partial charge >= 0.3 is 6.18 Å². The molecule has 0 fully saturated rings. The summed E-state index contributed by atoms with van der Waals surface area (Å²) in [5.74, 6) is -0.230. The molecule has 0 saturated carbocycles. The minimum atomic E-state index is -4.43. The van der Waals surface area contributed by atoms with Crippen molar-refractivity contribution in [3.8, 4) is 5.75 Å². The molecule has 0 aliphatic heterocycles. The highest BCUT2D eigenvalue weighted by molar-refractivity contribution is 7.09. The molecule has 28 heavy (non-hydrogen) atoms. The number of carbonyl (C=O) groups is 1. The van der Waals surface area contributed by atoms with E-state index in [1.165, 1.54) is 23.5 Å². The minimum Gasteiger partial charge on any atom is -0.486 e. The van der Waals surface area contributed by atoms with E-state index in [1.54, 1.807) is 5.38 Å². The van der Waals surface area contributed by atoms with Gasteiger partial charge in [0.05, 0.1) is 11.6 Å². The van der Waals surface area contributed by atoms with E-state index < -0.39 is 11.7 Å². The van der Waals surface area contributed by atoms with Crippen molar-refractivity contribution in [2.45, 2.75) is 25.7 Å². The molecule has 0 radical (unpaired) electrons. The highest BCUT2D eigenvalue weighted by atomic mass is 32.1. The topological polar surface area (TPSA) is 51.2 Å². The van der Waals surface area contributed by atoms with Crippen LogP contribution in [-0.4, -0.2) is 10.9 Å². The number of alkyl halides is 3. The summed E-state index contributed by atoms with van der Waals surface area (Å²) in [5.41, 5.74) is 0.439. The number of aromatic nitrogens is 1. The number of hydrogen-bond donors (Lipinski definition) is 1. The first kappa shape index (κ1) is 19.9. The smallest absolute Gasteiger partial charge is 0.416 e. The Balaban J connectivity index is 1.59. The quantitative estimate of drug-likeness (QED) is 0.610. The molecule has 1 aromatic heterocycles. The lowest BCUT2D eigenvalue weighted by Crippen LogP contribution is -2.26. The van der Waals surface area contributed by atoms with Crippen LogP contribution in [0.1, 0.15) is 39.6 Å². The van der Waals surface area contributed by atoms with E-state index in [0.717, 1.165) is 17.7 Å². The van der Waals surface area contributed by atoms with E-state index in [0.29, 0.717) is 5.01 Å². The van der Waals surface area contributed by atoms with Gasteiger partial charge in [-0.05, 0) is 30.7 Å². The fourth-order valence-electron chi connectivity index (χ4n) is 2.48. The summed E-state index contributed by atoms with van der Waals surface area (Å²) in [7, 11) is 0. The van der Waals surface area contributed by atoms with E-state index in [4.69, 9.17) is 4.74 Å². The monoisotopic (exact) mass is 406 g/mol. The molecule has 0 aliphatic rings. The molecule has 0 aliphatic carbocycles. The number of thiazole rings is 1. The second-order valence-corrected chi connectivity index (χ2v) is 6.99. The SMILES string of the molecule is C[C@H](NC(=O)c1csc(COc2cccc(C(F)(F)F)c2)n1)c1ccccc1. The van der Waals surface area contributed by atoms with E-state index in [2.05, 4.69) is 10.3 Å². The van der Waals surface area contributed by atoms with Crippen molar-refractivity contribution in [3.05, 3.63) is 81.8 Å². The molecule has 3 aromatic rings. The Morgan fingerprint density at radius 2 is 1.93 bits per heavy atom. The number of carbonyl (C=O) groups excluding carboxylic acids is 1. The van der Waals surface area contributed by atoms with Gasteiger partial charge in [-0.15, -0.1) is 11.3 Å². The summed E-state index contributed by atoms with van der Waals surface area (Å²) in [6, 6.07) is 14.0. The van der Waals surface area contributed by atoms with Crippen molar-refractivity contribution in [1.82, 2.24) is 10.3 Å². The van der Waals surface area contributed by atoms with E-state index in [-0.39, 0.29) is 30.0 Å². The number of amides is 1. The van der Waals surface area contributed by atoms with Gasteiger partial charge in [0.1, 0.15) is 23.1 Å².